The van der Waals surface area contributed by atoms with Crippen molar-refractivity contribution in [1.29, 1.82) is 0 Å². The molecule has 0 radical (unpaired) electrons. The van der Waals surface area contributed by atoms with Crippen molar-refractivity contribution in [3.63, 3.8) is 0 Å². The molecule has 8 heteroatoms. The zero-order valence-electron chi connectivity index (χ0n) is 17.7. The molecule has 1 saturated heterocycles. The van der Waals surface area contributed by atoms with E-state index in [2.05, 4.69) is 96.6 Å². The van der Waals surface area contributed by atoms with E-state index in [9.17, 15) is 0 Å². The molecule has 2 N–H and O–H groups in total. The molecule has 6 nitrogen and oxygen atoms in total. The zero-order valence-corrected chi connectivity index (χ0v) is 20.7. The van der Waals surface area contributed by atoms with Crippen LogP contribution in [0.25, 0.3) is 10.3 Å². The van der Waals surface area contributed by atoms with Gasteiger partial charge in [0.05, 0.1) is 0 Å². The van der Waals surface area contributed by atoms with Gasteiger partial charge in [0.15, 0.2) is 16.6 Å². The van der Waals surface area contributed by atoms with Gasteiger partial charge in [-0.25, -0.2) is 9.97 Å². The van der Waals surface area contributed by atoms with Crippen LogP contribution in [0.2, 0.25) is 0 Å². The van der Waals surface area contributed by atoms with Crippen molar-refractivity contribution < 1.29 is 0 Å². The predicted molar refractivity (Wildman–Crippen MR) is 142 cm³/mol. The Morgan fingerprint density at radius 2 is 1.66 bits per heavy atom. The minimum Gasteiger partial charge on any atom is -0.339 e. The lowest BCUT2D eigenvalue weighted by molar-refractivity contribution is 0.221. The summed E-state index contributed by atoms with van der Waals surface area (Å²) in [5.41, 5.74) is 5.38. The highest BCUT2D eigenvalue weighted by Crippen LogP contribution is 2.33. The van der Waals surface area contributed by atoms with E-state index >= 15 is 0 Å². The van der Waals surface area contributed by atoms with Crippen LogP contribution in [0.15, 0.2) is 54.9 Å². The Morgan fingerprint density at radius 1 is 0.906 bits per heavy atom. The number of alkyl halides is 1. The summed E-state index contributed by atoms with van der Waals surface area (Å²) in [5, 5.41) is 7.73. The maximum Gasteiger partial charge on any atom is 0.189 e. The first-order valence-electron chi connectivity index (χ1n) is 10.9. The summed E-state index contributed by atoms with van der Waals surface area (Å²) >= 11 is 3.94. The lowest BCUT2D eigenvalue weighted by Crippen LogP contribution is -2.29. The van der Waals surface area contributed by atoms with E-state index in [0.29, 0.717) is 5.65 Å². The molecule has 3 heterocycles. The van der Waals surface area contributed by atoms with Gasteiger partial charge in [-0.05, 0) is 61.3 Å². The van der Waals surface area contributed by atoms with Gasteiger partial charge >= 0.3 is 0 Å². The highest BCUT2D eigenvalue weighted by molar-refractivity contribution is 14.1. The Hall–Kier alpha value is -2.30. The number of nitrogens with zero attached hydrogens (tertiary/aromatic N) is 4. The summed E-state index contributed by atoms with van der Waals surface area (Å²) in [7, 11) is 0. The number of halogens is 1. The molecular formula is C24H25IN6S. The molecule has 0 spiro atoms. The SMILES string of the molecule is ICc1cccc(Nc2ncnc3nc(Nc4cccc(CN5CCCCC5)c4)sc23)c1. The molecule has 5 rings (SSSR count). The molecule has 164 valence electrons. The molecule has 1 aliphatic heterocycles. The Kier molecular flexibility index (Phi) is 6.80. The van der Waals surface area contributed by atoms with Crippen LogP contribution in [0, 0.1) is 0 Å². The van der Waals surface area contributed by atoms with Crippen LogP contribution in [0.1, 0.15) is 30.4 Å². The quantitative estimate of drug-likeness (QED) is 0.200. The van der Waals surface area contributed by atoms with Gasteiger partial charge in [0, 0.05) is 22.3 Å². The van der Waals surface area contributed by atoms with Crippen LogP contribution in [0.3, 0.4) is 0 Å². The number of piperidine rings is 1. The van der Waals surface area contributed by atoms with Crippen LogP contribution < -0.4 is 10.6 Å². The number of anilines is 4. The topological polar surface area (TPSA) is 66.0 Å². The number of likely N-dealkylation sites (tertiary alicyclic amines) is 1. The van der Waals surface area contributed by atoms with Gasteiger partial charge in [0.1, 0.15) is 11.0 Å². The molecule has 1 fully saturated rings. The van der Waals surface area contributed by atoms with Crippen molar-refractivity contribution >= 4 is 66.6 Å². The van der Waals surface area contributed by atoms with E-state index in [1.807, 2.05) is 0 Å². The minimum atomic E-state index is 0.699. The maximum absolute atomic E-state index is 4.69. The first kappa shape index (κ1) is 21.5. The normalized spacial score (nSPS) is 14.5. The standard InChI is InChI=1S/C24H25IN6S/c25-14-17-6-4-8-19(12-17)28-22-21-23(27-16-26-22)30-24(32-21)29-20-9-5-7-18(13-20)15-31-10-2-1-3-11-31/h4-9,12-13,16H,1-3,10-11,14-15H2,(H2,26,27,28,29,30). The Balaban J connectivity index is 1.34. The van der Waals surface area contributed by atoms with Crippen LogP contribution in [-0.2, 0) is 11.0 Å². The second kappa shape index (κ2) is 10.1. The molecule has 0 aliphatic carbocycles. The van der Waals surface area contributed by atoms with Crippen LogP contribution in [-0.4, -0.2) is 32.9 Å². The molecule has 0 unspecified atom stereocenters. The Labute approximate surface area is 205 Å². The first-order valence-corrected chi connectivity index (χ1v) is 13.2. The molecule has 0 amide bonds. The lowest BCUT2D eigenvalue weighted by atomic mass is 10.1. The summed E-state index contributed by atoms with van der Waals surface area (Å²) in [6.45, 7) is 3.40. The number of aromatic nitrogens is 3. The summed E-state index contributed by atoms with van der Waals surface area (Å²) < 4.78 is 1.91. The van der Waals surface area contributed by atoms with E-state index in [1.165, 1.54) is 43.5 Å². The third-order valence-electron chi connectivity index (χ3n) is 5.57. The number of hydrogen-bond donors (Lipinski definition) is 2. The molecule has 0 bridgehead atoms. The van der Waals surface area contributed by atoms with Gasteiger partial charge in [0.2, 0.25) is 0 Å². The monoisotopic (exact) mass is 556 g/mol. The number of nitrogens with one attached hydrogen (secondary N) is 2. The number of hydrogen-bond acceptors (Lipinski definition) is 7. The van der Waals surface area contributed by atoms with E-state index < -0.39 is 0 Å². The van der Waals surface area contributed by atoms with Gasteiger partial charge in [-0.1, -0.05) is 64.6 Å². The highest BCUT2D eigenvalue weighted by Gasteiger charge is 2.13. The first-order chi connectivity index (χ1) is 15.8. The van der Waals surface area contributed by atoms with Crippen LogP contribution >= 0.6 is 33.9 Å². The summed E-state index contributed by atoms with van der Waals surface area (Å²) in [4.78, 5) is 16.1. The van der Waals surface area contributed by atoms with Gasteiger partial charge in [-0.15, -0.1) is 0 Å². The molecule has 0 atom stereocenters. The van der Waals surface area contributed by atoms with Gasteiger partial charge < -0.3 is 10.6 Å². The maximum atomic E-state index is 4.69. The fourth-order valence-electron chi connectivity index (χ4n) is 4.01. The third-order valence-corrected chi connectivity index (χ3v) is 7.42. The van der Waals surface area contributed by atoms with Crippen molar-refractivity contribution in [2.45, 2.75) is 30.2 Å². The minimum absolute atomic E-state index is 0.699. The molecule has 1 aliphatic rings. The summed E-state index contributed by atoms with van der Waals surface area (Å²) in [6.07, 6.45) is 5.54. The van der Waals surface area contributed by atoms with Crippen molar-refractivity contribution in [2.75, 3.05) is 23.7 Å². The Morgan fingerprint density at radius 3 is 2.47 bits per heavy atom. The number of fused-ring (bicyclic) bond motifs is 1. The fourth-order valence-corrected chi connectivity index (χ4v) is 5.37. The van der Waals surface area contributed by atoms with Crippen molar-refractivity contribution in [1.82, 2.24) is 19.9 Å². The van der Waals surface area contributed by atoms with E-state index in [4.69, 9.17) is 4.98 Å². The fraction of sp³-hybridized carbons (Fsp3) is 0.292. The molecule has 2 aromatic heterocycles. The number of benzene rings is 2. The van der Waals surface area contributed by atoms with Crippen molar-refractivity contribution in [2.24, 2.45) is 0 Å². The average molecular weight is 556 g/mol. The number of rotatable bonds is 7. The largest absolute Gasteiger partial charge is 0.339 e. The van der Waals surface area contributed by atoms with Crippen LogP contribution in [0.4, 0.5) is 22.3 Å². The molecule has 32 heavy (non-hydrogen) atoms. The highest BCUT2D eigenvalue weighted by atomic mass is 127. The second-order valence-corrected chi connectivity index (χ2v) is 9.78. The lowest BCUT2D eigenvalue weighted by Gasteiger charge is -2.26. The second-order valence-electron chi connectivity index (χ2n) is 8.02. The van der Waals surface area contributed by atoms with Crippen molar-refractivity contribution in [3.8, 4) is 0 Å². The zero-order chi connectivity index (χ0) is 21.8. The van der Waals surface area contributed by atoms with E-state index in [1.54, 1.807) is 17.7 Å². The van der Waals surface area contributed by atoms with E-state index in [0.717, 1.165) is 38.0 Å². The van der Waals surface area contributed by atoms with Gasteiger partial charge in [0.25, 0.3) is 0 Å². The van der Waals surface area contributed by atoms with Crippen LogP contribution in [0.5, 0.6) is 0 Å². The average Bonchev–Trinajstić information content (AvgIpc) is 3.23. The Bertz CT molecular complexity index is 1200. The summed E-state index contributed by atoms with van der Waals surface area (Å²) in [6, 6.07) is 17.0. The number of thiazole rings is 1. The summed E-state index contributed by atoms with van der Waals surface area (Å²) in [5.74, 6) is 0.782. The third kappa shape index (κ3) is 5.19. The smallest absolute Gasteiger partial charge is 0.189 e. The molecule has 4 aromatic rings. The van der Waals surface area contributed by atoms with E-state index in [-0.39, 0.29) is 0 Å². The van der Waals surface area contributed by atoms with Gasteiger partial charge in [-0.2, -0.15) is 4.98 Å². The molecule has 2 aromatic carbocycles. The predicted octanol–water partition coefficient (Wildman–Crippen LogP) is 6.49. The molecule has 0 saturated carbocycles. The molecular weight excluding hydrogens is 531 g/mol. The van der Waals surface area contributed by atoms with Gasteiger partial charge in [-0.3, -0.25) is 4.90 Å². The van der Waals surface area contributed by atoms with Crippen molar-refractivity contribution in [3.05, 3.63) is 66.0 Å².